The van der Waals surface area contributed by atoms with Gasteiger partial charge >= 0.3 is 0 Å². The molecular formula is C10H14N2OS. The molecule has 14 heavy (non-hydrogen) atoms. The van der Waals surface area contributed by atoms with Crippen LogP contribution in [-0.4, -0.2) is 24.4 Å². The molecule has 0 bridgehead atoms. The van der Waals surface area contributed by atoms with Crippen LogP contribution in [0.4, 0.5) is 5.13 Å². The molecule has 3 nitrogen and oxygen atoms in total. The van der Waals surface area contributed by atoms with Gasteiger partial charge in [-0.15, -0.1) is 11.3 Å². The van der Waals surface area contributed by atoms with Gasteiger partial charge < -0.3 is 4.90 Å². The maximum absolute atomic E-state index is 10.5. The summed E-state index contributed by atoms with van der Waals surface area (Å²) in [7, 11) is 0. The zero-order chi connectivity index (χ0) is 9.80. The molecule has 0 N–H and O–H groups in total. The molecule has 1 saturated heterocycles. The minimum atomic E-state index is 0.564. The highest BCUT2D eigenvalue weighted by atomic mass is 32.1. The van der Waals surface area contributed by atoms with Gasteiger partial charge in [-0.25, -0.2) is 4.98 Å². The quantitative estimate of drug-likeness (QED) is 0.702. The largest absolute Gasteiger partial charge is 0.348 e. The molecule has 1 aliphatic rings. The Kier molecular flexibility index (Phi) is 3.14. The molecule has 0 unspecified atom stereocenters. The van der Waals surface area contributed by atoms with E-state index in [9.17, 15) is 4.79 Å². The Morgan fingerprint density at radius 3 is 2.57 bits per heavy atom. The topological polar surface area (TPSA) is 33.2 Å². The Bertz CT molecular complexity index is 303. The summed E-state index contributed by atoms with van der Waals surface area (Å²) in [5, 5.41) is 2.83. The second-order valence-corrected chi connectivity index (χ2v) is 4.41. The van der Waals surface area contributed by atoms with E-state index in [0.717, 1.165) is 24.5 Å². The fourth-order valence-corrected chi connectivity index (χ4v) is 2.56. The predicted molar refractivity (Wildman–Crippen MR) is 58.2 cm³/mol. The number of thiazole rings is 1. The predicted octanol–water partition coefficient (Wildman–Crippen LogP) is 2.34. The summed E-state index contributed by atoms with van der Waals surface area (Å²) in [5.41, 5.74) is 0.564. The first-order valence-corrected chi connectivity index (χ1v) is 5.94. The number of carbonyl (C=O) groups excluding carboxylic acids is 1. The van der Waals surface area contributed by atoms with Crippen molar-refractivity contribution in [2.75, 3.05) is 18.0 Å². The van der Waals surface area contributed by atoms with E-state index in [-0.39, 0.29) is 0 Å². The highest BCUT2D eigenvalue weighted by Gasteiger charge is 2.12. The summed E-state index contributed by atoms with van der Waals surface area (Å²) in [5.74, 6) is 0. The number of anilines is 1. The molecule has 0 spiro atoms. The van der Waals surface area contributed by atoms with E-state index >= 15 is 0 Å². The zero-order valence-electron chi connectivity index (χ0n) is 8.11. The highest BCUT2D eigenvalue weighted by Crippen LogP contribution is 2.22. The van der Waals surface area contributed by atoms with Gasteiger partial charge in [-0.2, -0.15) is 0 Å². The van der Waals surface area contributed by atoms with Crippen molar-refractivity contribution in [3.8, 4) is 0 Å². The monoisotopic (exact) mass is 210 g/mol. The van der Waals surface area contributed by atoms with Crippen LogP contribution in [-0.2, 0) is 0 Å². The van der Waals surface area contributed by atoms with Gasteiger partial charge in [-0.05, 0) is 12.8 Å². The van der Waals surface area contributed by atoms with Crippen LogP contribution in [0.5, 0.6) is 0 Å². The van der Waals surface area contributed by atoms with Crippen molar-refractivity contribution < 1.29 is 4.79 Å². The number of aromatic nitrogens is 1. The zero-order valence-corrected chi connectivity index (χ0v) is 8.92. The minimum absolute atomic E-state index is 0.564. The van der Waals surface area contributed by atoms with E-state index in [1.165, 1.54) is 25.7 Å². The van der Waals surface area contributed by atoms with Gasteiger partial charge in [0.2, 0.25) is 0 Å². The molecule has 1 aromatic rings. The summed E-state index contributed by atoms with van der Waals surface area (Å²) in [6.07, 6.45) is 5.95. The van der Waals surface area contributed by atoms with Gasteiger partial charge in [0.1, 0.15) is 5.69 Å². The highest BCUT2D eigenvalue weighted by molar-refractivity contribution is 7.13. The third kappa shape index (κ3) is 2.12. The first kappa shape index (κ1) is 9.65. The molecule has 0 amide bonds. The summed E-state index contributed by atoms with van der Waals surface area (Å²) in [6.45, 7) is 2.18. The van der Waals surface area contributed by atoms with E-state index in [0.29, 0.717) is 5.69 Å². The van der Waals surface area contributed by atoms with Gasteiger partial charge in [0.15, 0.2) is 11.4 Å². The molecule has 1 aliphatic heterocycles. The second-order valence-electron chi connectivity index (χ2n) is 3.57. The Morgan fingerprint density at radius 1 is 1.29 bits per heavy atom. The molecule has 0 saturated carbocycles. The Morgan fingerprint density at radius 2 is 2.00 bits per heavy atom. The molecule has 0 radical (unpaired) electrons. The van der Waals surface area contributed by atoms with Crippen LogP contribution in [0, 0.1) is 0 Å². The Hall–Kier alpha value is -0.900. The van der Waals surface area contributed by atoms with Crippen molar-refractivity contribution in [2.24, 2.45) is 0 Å². The Balaban J connectivity index is 2.08. The third-order valence-corrected chi connectivity index (χ3v) is 3.43. The molecule has 0 atom stereocenters. The first-order chi connectivity index (χ1) is 6.90. The van der Waals surface area contributed by atoms with Crippen molar-refractivity contribution in [2.45, 2.75) is 25.7 Å². The molecule has 1 fully saturated rings. The van der Waals surface area contributed by atoms with Crippen LogP contribution in [0.3, 0.4) is 0 Å². The van der Waals surface area contributed by atoms with Crippen molar-refractivity contribution in [3.05, 3.63) is 11.1 Å². The van der Waals surface area contributed by atoms with Gasteiger partial charge in [0.25, 0.3) is 0 Å². The van der Waals surface area contributed by atoms with Gasteiger partial charge in [0.05, 0.1) is 0 Å². The van der Waals surface area contributed by atoms with Gasteiger partial charge in [-0.1, -0.05) is 12.8 Å². The summed E-state index contributed by atoms with van der Waals surface area (Å²) in [4.78, 5) is 17.1. The normalized spacial score (nSPS) is 17.9. The SMILES string of the molecule is O=Cc1csc(N2CCCCCC2)n1. The lowest BCUT2D eigenvalue weighted by atomic mass is 10.2. The number of hydrogen-bond donors (Lipinski definition) is 0. The summed E-state index contributed by atoms with van der Waals surface area (Å²) < 4.78 is 0. The van der Waals surface area contributed by atoms with E-state index in [2.05, 4.69) is 9.88 Å². The van der Waals surface area contributed by atoms with Crippen LogP contribution in [0.1, 0.15) is 36.2 Å². The standard InChI is InChI=1S/C10H14N2OS/c13-7-9-8-14-10(11-9)12-5-3-1-2-4-6-12/h7-8H,1-6H2. The van der Waals surface area contributed by atoms with Gasteiger partial charge in [0, 0.05) is 18.5 Å². The lowest BCUT2D eigenvalue weighted by Gasteiger charge is -2.18. The molecule has 0 aliphatic carbocycles. The maximum Gasteiger partial charge on any atom is 0.185 e. The van der Waals surface area contributed by atoms with Crippen LogP contribution in [0.15, 0.2) is 5.38 Å². The van der Waals surface area contributed by atoms with Crippen LogP contribution >= 0.6 is 11.3 Å². The minimum Gasteiger partial charge on any atom is -0.348 e. The van der Waals surface area contributed by atoms with E-state index in [4.69, 9.17) is 0 Å². The van der Waals surface area contributed by atoms with E-state index in [1.54, 1.807) is 11.3 Å². The summed E-state index contributed by atoms with van der Waals surface area (Å²) in [6, 6.07) is 0. The molecule has 76 valence electrons. The summed E-state index contributed by atoms with van der Waals surface area (Å²) >= 11 is 1.57. The average molecular weight is 210 g/mol. The number of carbonyl (C=O) groups is 1. The fourth-order valence-electron chi connectivity index (χ4n) is 1.74. The third-order valence-electron chi connectivity index (χ3n) is 2.51. The molecular weight excluding hydrogens is 196 g/mol. The lowest BCUT2D eigenvalue weighted by molar-refractivity contribution is 0.111. The van der Waals surface area contributed by atoms with Crippen LogP contribution < -0.4 is 4.90 Å². The molecule has 1 aromatic heterocycles. The van der Waals surface area contributed by atoms with E-state index < -0.39 is 0 Å². The molecule has 2 heterocycles. The Labute approximate surface area is 87.8 Å². The fraction of sp³-hybridized carbons (Fsp3) is 0.600. The number of rotatable bonds is 2. The first-order valence-electron chi connectivity index (χ1n) is 5.06. The lowest BCUT2D eigenvalue weighted by Crippen LogP contribution is -2.23. The van der Waals surface area contributed by atoms with Crippen LogP contribution in [0.25, 0.3) is 0 Å². The molecule has 0 aromatic carbocycles. The molecule has 4 heteroatoms. The van der Waals surface area contributed by atoms with Crippen LogP contribution in [0.2, 0.25) is 0 Å². The van der Waals surface area contributed by atoms with E-state index in [1.807, 2.05) is 5.38 Å². The number of nitrogens with zero attached hydrogens (tertiary/aromatic N) is 2. The number of hydrogen-bond acceptors (Lipinski definition) is 4. The number of aldehydes is 1. The average Bonchev–Trinajstić information content (AvgIpc) is 2.53. The van der Waals surface area contributed by atoms with Crippen molar-refractivity contribution in [1.82, 2.24) is 4.98 Å². The smallest absolute Gasteiger partial charge is 0.185 e. The van der Waals surface area contributed by atoms with Crippen molar-refractivity contribution in [3.63, 3.8) is 0 Å². The molecule has 2 rings (SSSR count). The second kappa shape index (κ2) is 4.55. The van der Waals surface area contributed by atoms with Crippen molar-refractivity contribution >= 4 is 22.8 Å². The van der Waals surface area contributed by atoms with Crippen molar-refractivity contribution in [1.29, 1.82) is 0 Å². The van der Waals surface area contributed by atoms with Gasteiger partial charge in [-0.3, -0.25) is 4.79 Å². The maximum atomic E-state index is 10.5.